The first-order valence-corrected chi connectivity index (χ1v) is 9.89. The van der Waals surface area contributed by atoms with Crippen molar-refractivity contribution in [2.45, 2.75) is 31.5 Å². The van der Waals surface area contributed by atoms with Crippen LogP contribution in [0.1, 0.15) is 35.3 Å². The summed E-state index contributed by atoms with van der Waals surface area (Å²) in [6.45, 7) is 4.26. The molecule has 1 aliphatic rings. The number of hydrogen-bond acceptors (Lipinski definition) is 7. The van der Waals surface area contributed by atoms with Crippen LogP contribution in [0.15, 0.2) is 57.7 Å². The lowest BCUT2D eigenvalue weighted by molar-refractivity contribution is -0.114. The second kappa shape index (κ2) is 8.90. The van der Waals surface area contributed by atoms with Crippen LogP contribution in [0.2, 0.25) is 0 Å². The summed E-state index contributed by atoms with van der Waals surface area (Å²) in [6, 6.07) is 13.2. The van der Waals surface area contributed by atoms with Gasteiger partial charge in [-0.1, -0.05) is 30.3 Å². The van der Waals surface area contributed by atoms with Crippen LogP contribution in [-0.2, 0) is 11.3 Å². The van der Waals surface area contributed by atoms with E-state index in [1.54, 1.807) is 6.92 Å². The minimum Gasteiger partial charge on any atom is -0.366 e. The molecule has 1 aromatic carbocycles. The third-order valence-electron chi connectivity index (χ3n) is 4.47. The Labute approximate surface area is 174 Å². The molecule has 1 atom stereocenters. The summed E-state index contributed by atoms with van der Waals surface area (Å²) in [7, 11) is 1.83. The molecule has 29 heavy (non-hydrogen) atoms. The van der Waals surface area contributed by atoms with Gasteiger partial charge in [-0.05, 0) is 49.9 Å². The number of nitriles is 1. The minimum absolute atomic E-state index is 0.425. The van der Waals surface area contributed by atoms with E-state index in [0.29, 0.717) is 33.6 Å². The first kappa shape index (κ1) is 20.6. The average Bonchev–Trinajstić information content (AvgIpc) is 2.68. The molecule has 0 aliphatic carbocycles. The Morgan fingerprint density at radius 2 is 2.07 bits per heavy atom. The largest absolute Gasteiger partial charge is 0.366 e. The maximum atomic E-state index is 12.1. The maximum Gasteiger partial charge on any atom is 0.248 e. The molecule has 0 radical (unpaired) electrons. The number of hydrogen-bond donors (Lipinski definition) is 3. The van der Waals surface area contributed by atoms with Gasteiger partial charge in [0.15, 0.2) is 5.17 Å². The SMILES string of the molecule is CNCc1cc(C)nc(SC2=NC(c3ccccc3)C(C(N)=O)=C(C)N2)c1C#N. The van der Waals surface area contributed by atoms with Crippen molar-refractivity contribution in [3.8, 4) is 6.07 Å². The molecule has 1 unspecified atom stereocenters. The van der Waals surface area contributed by atoms with Crippen molar-refractivity contribution < 1.29 is 4.79 Å². The number of nitrogens with zero attached hydrogens (tertiary/aromatic N) is 3. The van der Waals surface area contributed by atoms with Crippen LogP contribution in [0.25, 0.3) is 0 Å². The highest BCUT2D eigenvalue weighted by Crippen LogP contribution is 2.34. The van der Waals surface area contributed by atoms with Crippen LogP contribution in [0.5, 0.6) is 0 Å². The van der Waals surface area contributed by atoms with Crippen molar-refractivity contribution in [1.29, 1.82) is 5.26 Å². The summed E-state index contributed by atoms with van der Waals surface area (Å²) in [4.78, 5) is 21.3. The van der Waals surface area contributed by atoms with Crippen LogP contribution in [0.4, 0.5) is 0 Å². The first-order valence-electron chi connectivity index (χ1n) is 9.08. The molecule has 1 amide bonds. The van der Waals surface area contributed by atoms with E-state index >= 15 is 0 Å². The van der Waals surface area contributed by atoms with Crippen molar-refractivity contribution in [2.24, 2.45) is 10.7 Å². The van der Waals surface area contributed by atoms with Crippen LogP contribution < -0.4 is 16.4 Å². The highest BCUT2D eigenvalue weighted by atomic mass is 32.2. The smallest absolute Gasteiger partial charge is 0.248 e. The lowest BCUT2D eigenvalue weighted by atomic mass is 9.96. The van der Waals surface area contributed by atoms with Gasteiger partial charge >= 0.3 is 0 Å². The van der Waals surface area contributed by atoms with E-state index in [4.69, 9.17) is 10.7 Å². The molecule has 2 heterocycles. The van der Waals surface area contributed by atoms with Gasteiger partial charge in [0, 0.05) is 17.9 Å². The zero-order chi connectivity index (χ0) is 21.0. The van der Waals surface area contributed by atoms with Gasteiger partial charge in [0.1, 0.15) is 17.1 Å². The van der Waals surface area contributed by atoms with E-state index < -0.39 is 11.9 Å². The number of amidine groups is 1. The van der Waals surface area contributed by atoms with Crippen molar-refractivity contribution in [3.05, 3.63) is 70.1 Å². The van der Waals surface area contributed by atoms with Crippen LogP contribution in [0, 0.1) is 18.3 Å². The fourth-order valence-electron chi connectivity index (χ4n) is 3.22. The van der Waals surface area contributed by atoms with Gasteiger partial charge < -0.3 is 16.4 Å². The number of aryl methyl sites for hydroxylation is 1. The molecule has 0 saturated heterocycles. The quantitative estimate of drug-likeness (QED) is 0.703. The number of nitrogens with one attached hydrogen (secondary N) is 2. The average molecular weight is 407 g/mol. The number of amides is 1. The summed E-state index contributed by atoms with van der Waals surface area (Å²) < 4.78 is 0. The van der Waals surface area contributed by atoms with Crippen LogP contribution in [-0.4, -0.2) is 23.1 Å². The zero-order valence-electron chi connectivity index (χ0n) is 16.5. The number of thioether (sulfide) groups is 1. The van der Waals surface area contributed by atoms with Crippen molar-refractivity contribution in [3.63, 3.8) is 0 Å². The summed E-state index contributed by atoms with van der Waals surface area (Å²) in [6.07, 6.45) is 0. The third kappa shape index (κ3) is 4.47. The summed E-state index contributed by atoms with van der Waals surface area (Å²) in [5.41, 5.74) is 9.78. The molecule has 0 bridgehead atoms. The van der Waals surface area contributed by atoms with E-state index in [1.165, 1.54) is 11.8 Å². The number of aromatic nitrogens is 1. The van der Waals surface area contributed by atoms with Crippen molar-refractivity contribution >= 4 is 22.8 Å². The number of primary amides is 1. The van der Waals surface area contributed by atoms with Gasteiger partial charge in [0.05, 0.1) is 11.1 Å². The van der Waals surface area contributed by atoms with Gasteiger partial charge in [-0.2, -0.15) is 5.26 Å². The Balaban J connectivity index is 2.03. The number of nitrogens with two attached hydrogens (primary N) is 1. The molecule has 4 N–H and O–H groups in total. The second-order valence-electron chi connectivity index (χ2n) is 6.62. The van der Waals surface area contributed by atoms with E-state index in [2.05, 4.69) is 21.7 Å². The Kier molecular flexibility index (Phi) is 6.32. The van der Waals surface area contributed by atoms with Gasteiger partial charge in [-0.25, -0.2) is 9.98 Å². The van der Waals surface area contributed by atoms with Crippen molar-refractivity contribution in [1.82, 2.24) is 15.6 Å². The Morgan fingerprint density at radius 1 is 1.34 bits per heavy atom. The van der Waals surface area contributed by atoms with Crippen molar-refractivity contribution in [2.75, 3.05) is 7.05 Å². The topological polar surface area (TPSA) is 116 Å². The number of carbonyl (C=O) groups is 1. The number of rotatable bonds is 5. The summed E-state index contributed by atoms with van der Waals surface area (Å²) >= 11 is 1.28. The number of carbonyl (C=O) groups excluding carboxylic acids is 1. The van der Waals surface area contributed by atoms with Crippen LogP contribution in [0.3, 0.4) is 0 Å². The highest BCUT2D eigenvalue weighted by molar-refractivity contribution is 8.13. The monoisotopic (exact) mass is 406 g/mol. The van der Waals surface area contributed by atoms with Gasteiger partial charge in [-0.15, -0.1) is 0 Å². The Hall–Kier alpha value is -3.15. The lowest BCUT2D eigenvalue weighted by Crippen LogP contribution is -2.32. The van der Waals surface area contributed by atoms with E-state index in [-0.39, 0.29) is 0 Å². The second-order valence-corrected chi connectivity index (χ2v) is 7.60. The van der Waals surface area contributed by atoms with E-state index in [0.717, 1.165) is 16.8 Å². The molecule has 1 aliphatic heterocycles. The Bertz CT molecular complexity index is 1040. The molecule has 1 aromatic heterocycles. The molecule has 7 nitrogen and oxygen atoms in total. The Morgan fingerprint density at radius 3 is 2.69 bits per heavy atom. The number of aliphatic imine (C=N–C) groups is 1. The zero-order valence-corrected chi connectivity index (χ0v) is 17.3. The lowest BCUT2D eigenvalue weighted by Gasteiger charge is -2.25. The van der Waals surface area contributed by atoms with Gasteiger partial charge in [0.2, 0.25) is 5.91 Å². The standard InChI is InChI=1S/C21H22N6OS/c1-12-9-15(11-24-3)16(10-22)20(25-12)29-21-26-13(2)17(19(23)28)18(27-21)14-7-5-4-6-8-14/h4-9,18,24H,11H2,1-3H3,(H2,23,28)(H,26,27). The summed E-state index contributed by atoms with van der Waals surface area (Å²) in [5.74, 6) is -0.514. The first-order chi connectivity index (χ1) is 13.9. The third-order valence-corrected chi connectivity index (χ3v) is 5.36. The molecule has 2 aromatic rings. The fourth-order valence-corrected chi connectivity index (χ4v) is 4.23. The van der Waals surface area contributed by atoms with Gasteiger partial charge in [0.25, 0.3) is 0 Å². The molecule has 0 spiro atoms. The fraction of sp³-hybridized carbons (Fsp3) is 0.238. The molecule has 148 valence electrons. The normalized spacial score (nSPS) is 16.1. The maximum absolute atomic E-state index is 12.1. The molecule has 0 saturated carbocycles. The van der Waals surface area contributed by atoms with Gasteiger partial charge in [-0.3, -0.25) is 4.79 Å². The molecule has 0 fully saturated rings. The van der Waals surface area contributed by atoms with Crippen LogP contribution >= 0.6 is 11.8 Å². The van der Waals surface area contributed by atoms with E-state index in [9.17, 15) is 10.1 Å². The summed E-state index contributed by atoms with van der Waals surface area (Å²) in [5, 5.41) is 17.0. The minimum atomic E-state index is -0.514. The molecule has 8 heteroatoms. The number of pyridine rings is 1. The number of allylic oxidation sites excluding steroid dienone is 1. The predicted octanol–water partition coefficient (Wildman–Crippen LogP) is 2.53. The van der Waals surface area contributed by atoms with E-state index in [1.807, 2.05) is 50.4 Å². The molecular weight excluding hydrogens is 384 g/mol. The molecular formula is C21H22N6OS. The molecule has 3 rings (SSSR count). The highest BCUT2D eigenvalue weighted by Gasteiger charge is 2.28. The predicted molar refractivity (Wildman–Crippen MR) is 114 cm³/mol. The number of benzene rings is 1.